The molecule has 0 radical (unpaired) electrons. The van der Waals surface area contributed by atoms with Crippen molar-refractivity contribution in [2.75, 3.05) is 24.5 Å². The molecule has 0 amide bonds. The molecule has 0 unspecified atom stereocenters. The van der Waals surface area contributed by atoms with Gasteiger partial charge in [-0.15, -0.1) is 5.10 Å². The van der Waals surface area contributed by atoms with Crippen LogP contribution in [0, 0.1) is 12.8 Å². The number of nitrogens with zero attached hydrogens (tertiary/aromatic N) is 3. The summed E-state index contributed by atoms with van der Waals surface area (Å²) in [5.74, 6) is 2.19. The number of benzene rings is 1. The molecule has 0 saturated carbocycles. The smallest absolute Gasteiger partial charge is 0.245 e. The number of hydrogen-bond donors (Lipinski definition) is 2. The van der Waals surface area contributed by atoms with Crippen LogP contribution < -0.4 is 10.6 Å². The SMILES string of the molecule is Cc1cc(-c2nc(N3CCC(CN)CC3)n[nH]2)ccc1Cl. The molecular formula is C15H20ClN5. The van der Waals surface area contributed by atoms with Crippen molar-refractivity contribution in [3.05, 3.63) is 28.8 Å². The summed E-state index contributed by atoms with van der Waals surface area (Å²) in [6, 6.07) is 5.87. The minimum Gasteiger partial charge on any atom is -0.340 e. The van der Waals surface area contributed by atoms with Gasteiger partial charge in [0, 0.05) is 23.7 Å². The number of aromatic amines is 1. The van der Waals surface area contributed by atoms with E-state index in [0.29, 0.717) is 5.92 Å². The zero-order valence-electron chi connectivity index (χ0n) is 12.1. The number of aryl methyl sites for hydroxylation is 1. The summed E-state index contributed by atoms with van der Waals surface area (Å²) < 4.78 is 0. The lowest BCUT2D eigenvalue weighted by molar-refractivity contribution is 0.411. The van der Waals surface area contributed by atoms with Crippen LogP contribution in [0.15, 0.2) is 18.2 Å². The van der Waals surface area contributed by atoms with Crippen molar-refractivity contribution < 1.29 is 0 Å². The first-order chi connectivity index (χ1) is 10.2. The molecule has 1 aromatic heterocycles. The third-order valence-electron chi connectivity index (χ3n) is 4.14. The van der Waals surface area contributed by atoms with Crippen molar-refractivity contribution in [3.63, 3.8) is 0 Å². The van der Waals surface area contributed by atoms with Crippen LogP contribution in [0.5, 0.6) is 0 Å². The van der Waals surface area contributed by atoms with Crippen LogP contribution in [-0.4, -0.2) is 34.8 Å². The van der Waals surface area contributed by atoms with Gasteiger partial charge in [0.25, 0.3) is 0 Å². The van der Waals surface area contributed by atoms with Crippen LogP contribution in [0.1, 0.15) is 18.4 Å². The number of hydrogen-bond acceptors (Lipinski definition) is 4. The molecule has 2 aromatic rings. The second kappa shape index (κ2) is 6.03. The van der Waals surface area contributed by atoms with Gasteiger partial charge in [-0.25, -0.2) is 0 Å². The molecule has 0 atom stereocenters. The van der Waals surface area contributed by atoms with E-state index in [4.69, 9.17) is 17.3 Å². The molecular weight excluding hydrogens is 286 g/mol. The first kappa shape index (κ1) is 14.4. The van der Waals surface area contributed by atoms with Crippen LogP contribution in [0.4, 0.5) is 5.95 Å². The molecule has 0 aliphatic carbocycles. The van der Waals surface area contributed by atoms with Crippen molar-refractivity contribution in [1.82, 2.24) is 15.2 Å². The van der Waals surface area contributed by atoms with Gasteiger partial charge in [-0.05, 0) is 56.0 Å². The topological polar surface area (TPSA) is 70.8 Å². The van der Waals surface area contributed by atoms with E-state index in [0.717, 1.165) is 60.4 Å². The van der Waals surface area contributed by atoms with E-state index in [-0.39, 0.29) is 0 Å². The van der Waals surface area contributed by atoms with Gasteiger partial charge in [0.2, 0.25) is 5.95 Å². The fourth-order valence-corrected chi connectivity index (χ4v) is 2.80. The molecule has 3 rings (SSSR count). The molecule has 21 heavy (non-hydrogen) atoms. The van der Waals surface area contributed by atoms with Crippen molar-refractivity contribution >= 4 is 17.5 Å². The predicted molar refractivity (Wildman–Crippen MR) is 85.6 cm³/mol. The zero-order valence-corrected chi connectivity index (χ0v) is 12.9. The second-order valence-corrected chi connectivity index (χ2v) is 6.02. The molecule has 3 N–H and O–H groups in total. The Bertz CT molecular complexity index is 616. The van der Waals surface area contributed by atoms with Crippen molar-refractivity contribution in [3.8, 4) is 11.4 Å². The molecule has 6 heteroatoms. The normalized spacial score (nSPS) is 16.4. The van der Waals surface area contributed by atoms with E-state index in [1.54, 1.807) is 0 Å². The summed E-state index contributed by atoms with van der Waals surface area (Å²) >= 11 is 6.06. The van der Waals surface area contributed by atoms with E-state index < -0.39 is 0 Å². The monoisotopic (exact) mass is 305 g/mol. The number of H-pyrrole nitrogens is 1. The molecule has 0 spiro atoms. The summed E-state index contributed by atoms with van der Waals surface area (Å²) in [4.78, 5) is 6.83. The van der Waals surface area contributed by atoms with Crippen molar-refractivity contribution in [1.29, 1.82) is 0 Å². The number of rotatable bonds is 3. The number of anilines is 1. The van der Waals surface area contributed by atoms with Crippen LogP contribution in [0.2, 0.25) is 5.02 Å². The average molecular weight is 306 g/mol. The molecule has 1 aliphatic heterocycles. The minimum absolute atomic E-state index is 0.638. The van der Waals surface area contributed by atoms with E-state index in [2.05, 4.69) is 20.1 Å². The first-order valence-electron chi connectivity index (χ1n) is 7.31. The quantitative estimate of drug-likeness (QED) is 0.914. The minimum atomic E-state index is 0.638. The third kappa shape index (κ3) is 3.04. The average Bonchev–Trinajstić information content (AvgIpc) is 3.00. The van der Waals surface area contributed by atoms with E-state index in [1.807, 2.05) is 25.1 Å². The van der Waals surface area contributed by atoms with Gasteiger partial charge in [-0.2, -0.15) is 4.98 Å². The highest BCUT2D eigenvalue weighted by molar-refractivity contribution is 6.31. The summed E-state index contributed by atoms with van der Waals surface area (Å²) in [6.45, 7) is 4.70. The van der Waals surface area contributed by atoms with E-state index >= 15 is 0 Å². The Kier molecular flexibility index (Phi) is 4.12. The lowest BCUT2D eigenvalue weighted by Gasteiger charge is -2.30. The van der Waals surface area contributed by atoms with Crippen molar-refractivity contribution in [2.24, 2.45) is 11.7 Å². The zero-order chi connectivity index (χ0) is 14.8. The Hall–Kier alpha value is -1.59. The van der Waals surface area contributed by atoms with Gasteiger partial charge in [-0.3, -0.25) is 5.10 Å². The van der Waals surface area contributed by atoms with Gasteiger partial charge < -0.3 is 10.6 Å². The van der Waals surface area contributed by atoms with Gasteiger partial charge in [0.15, 0.2) is 5.82 Å². The van der Waals surface area contributed by atoms with Gasteiger partial charge in [0.05, 0.1) is 0 Å². The lowest BCUT2D eigenvalue weighted by atomic mass is 9.97. The molecule has 1 aromatic carbocycles. The fraction of sp³-hybridized carbons (Fsp3) is 0.467. The standard InChI is InChI=1S/C15H20ClN5/c1-10-8-12(2-3-13(10)16)14-18-15(20-19-14)21-6-4-11(9-17)5-7-21/h2-3,8,11H,4-7,9,17H2,1H3,(H,18,19,20). The highest BCUT2D eigenvalue weighted by Crippen LogP contribution is 2.25. The third-order valence-corrected chi connectivity index (χ3v) is 4.56. The Balaban J connectivity index is 1.76. The Morgan fingerprint density at radius 3 is 2.81 bits per heavy atom. The van der Waals surface area contributed by atoms with Gasteiger partial charge in [-0.1, -0.05) is 11.6 Å². The molecule has 0 bridgehead atoms. The maximum absolute atomic E-state index is 6.06. The number of halogens is 1. The molecule has 112 valence electrons. The van der Waals surface area contributed by atoms with Gasteiger partial charge in [0.1, 0.15) is 0 Å². The number of piperidine rings is 1. The second-order valence-electron chi connectivity index (χ2n) is 5.61. The van der Waals surface area contributed by atoms with Crippen molar-refractivity contribution in [2.45, 2.75) is 19.8 Å². The van der Waals surface area contributed by atoms with E-state index in [9.17, 15) is 0 Å². The van der Waals surface area contributed by atoms with Gasteiger partial charge >= 0.3 is 0 Å². The maximum Gasteiger partial charge on any atom is 0.245 e. The highest BCUT2D eigenvalue weighted by Gasteiger charge is 2.21. The summed E-state index contributed by atoms with van der Waals surface area (Å²) in [5, 5.41) is 8.13. The predicted octanol–water partition coefficient (Wildman–Crippen LogP) is 2.61. The number of nitrogens with two attached hydrogens (primary N) is 1. The number of nitrogens with one attached hydrogen (secondary N) is 1. The molecule has 5 nitrogen and oxygen atoms in total. The van der Waals surface area contributed by atoms with E-state index in [1.165, 1.54) is 0 Å². The number of aromatic nitrogens is 3. The Labute approximate surface area is 129 Å². The van der Waals surface area contributed by atoms with Crippen LogP contribution >= 0.6 is 11.6 Å². The fourth-order valence-electron chi connectivity index (χ4n) is 2.68. The highest BCUT2D eigenvalue weighted by atomic mass is 35.5. The van der Waals surface area contributed by atoms with Crippen LogP contribution in [0.25, 0.3) is 11.4 Å². The lowest BCUT2D eigenvalue weighted by Crippen LogP contribution is -2.36. The molecule has 2 heterocycles. The molecule has 1 fully saturated rings. The molecule has 1 aliphatic rings. The summed E-state index contributed by atoms with van der Waals surface area (Å²) in [5.41, 5.74) is 7.77. The molecule has 1 saturated heterocycles. The first-order valence-corrected chi connectivity index (χ1v) is 7.69. The summed E-state index contributed by atoms with van der Waals surface area (Å²) in [6.07, 6.45) is 2.22. The van der Waals surface area contributed by atoms with Crippen LogP contribution in [-0.2, 0) is 0 Å². The Morgan fingerprint density at radius 1 is 1.38 bits per heavy atom. The maximum atomic E-state index is 6.06. The largest absolute Gasteiger partial charge is 0.340 e. The van der Waals surface area contributed by atoms with Crippen LogP contribution in [0.3, 0.4) is 0 Å². The Morgan fingerprint density at radius 2 is 2.14 bits per heavy atom. The summed E-state index contributed by atoms with van der Waals surface area (Å²) in [7, 11) is 0.